The number of nitrogens with one attached hydrogen (secondary N) is 1. The van der Waals surface area contributed by atoms with Crippen molar-refractivity contribution >= 4 is 34.0 Å². The summed E-state index contributed by atoms with van der Waals surface area (Å²) in [5.41, 5.74) is 3.61. The number of anilines is 1. The Kier molecular flexibility index (Phi) is 4.40. The highest BCUT2D eigenvalue weighted by molar-refractivity contribution is 6.52. The average Bonchev–Trinajstić information content (AvgIpc) is 3.33. The minimum absolute atomic E-state index is 0.0595. The van der Waals surface area contributed by atoms with E-state index in [2.05, 4.69) is 9.97 Å². The number of H-pyrrole nitrogens is 1. The Bertz CT molecular complexity index is 1350. The Morgan fingerprint density at radius 1 is 1.00 bits per heavy atom. The van der Waals surface area contributed by atoms with Crippen molar-refractivity contribution in [2.75, 3.05) is 4.90 Å². The van der Waals surface area contributed by atoms with Crippen LogP contribution in [0.4, 0.5) is 5.69 Å². The van der Waals surface area contributed by atoms with Crippen molar-refractivity contribution in [3.05, 3.63) is 102 Å². The predicted molar refractivity (Wildman–Crippen MR) is 118 cm³/mol. The van der Waals surface area contributed by atoms with Crippen molar-refractivity contribution in [3.63, 3.8) is 0 Å². The number of benzene rings is 2. The van der Waals surface area contributed by atoms with Crippen LogP contribution in [0.25, 0.3) is 16.7 Å². The van der Waals surface area contributed by atoms with Crippen LogP contribution in [0.5, 0.6) is 0 Å². The number of pyridine rings is 1. The molecule has 1 unspecified atom stereocenters. The van der Waals surface area contributed by atoms with E-state index in [-0.39, 0.29) is 11.3 Å². The molecule has 0 bridgehead atoms. The number of nitrogens with zero attached hydrogens (tertiary/aromatic N) is 2. The van der Waals surface area contributed by atoms with E-state index in [0.717, 1.165) is 22.0 Å². The number of ketones is 1. The lowest BCUT2D eigenvalue weighted by Crippen LogP contribution is -2.30. The van der Waals surface area contributed by atoms with E-state index in [1.165, 1.54) is 17.3 Å². The second kappa shape index (κ2) is 7.25. The second-order valence-corrected chi connectivity index (χ2v) is 7.48. The Hall–Kier alpha value is -4.19. The summed E-state index contributed by atoms with van der Waals surface area (Å²) in [5.74, 6) is -1.60. The number of aryl methyl sites for hydroxylation is 1. The normalized spacial score (nSPS) is 18.1. The zero-order chi connectivity index (χ0) is 21.5. The molecule has 0 radical (unpaired) electrons. The summed E-state index contributed by atoms with van der Waals surface area (Å²) in [4.78, 5) is 35.2. The third kappa shape index (κ3) is 2.92. The van der Waals surface area contributed by atoms with Crippen LogP contribution in [0.3, 0.4) is 0 Å². The molecule has 1 fully saturated rings. The Morgan fingerprint density at radius 3 is 2.48 bits per heavy atom. The van der Waals surface area contributed by atoms with Crippen LogP contribution < -0.4 is 4.90 Å². The lowest BCUT2D eigenvalue weighted by Gasteiger charge is -2.26. The molecule has 2 aromatic heterocycles. The summed E-state index contributed by atoms with van der Waals surface area (Å²) in [6.45, 7) is 1.89. The monoisotopic (exact) mass is 409 g/mol. The Morgan fingerprint density at radius 2 is 1.71 bits per heavy atom. The van der Waals surface area contributed by atoms with Gasteiger partial charge in [0.2, 0.25) is 0 Å². The van der Waals surface area contributed by atoms with E-state index in [9.17, 15) is 14.7 Å². The van der Waals surface area contributed by atoms with Gasteiger partial charge in [0, 0.05) is 46.3 Å². The van der Waals surface area contributed by atoms with Crippen molar-refractivity contribution in [2.24, 2.45) is 0 Å². The van der Waals surface area contributed by atoms with Crippen molar-refractivity contribution < 1.29 is 14.7 Å². The molecular formula is C25H19N3O3. The first-order valence-corrected chi connectivity index (χ1v) is 9.91. The number of amides is 1. The molecule has 31 heavy (non-hydrogen) atoms. The van der Waals surface area contributed by atoms with Gasteiger partial charge >= 0.3 is 0 Å². The first-order valence-electron chi connectivity index (χ1n) is 9.91. The zero-order valence-corrected chi connectivity index (χ0v) is 16.7. The number of carbonyl (C=O) groups excluding carboxylic acids is 2. The number of aliphatic hydroxyl groups is 1. The van der Waals surface area contributed by atoms with Crippen LogP contribution in [0, 0.1) is 6.92 Å². The highest BCUT2D eigenvalue weighted by atomic mass is 16.3. The molecule has 1 aliphatic heterocycles. The number of hydrogen-bond donors (Lipinski definition) is 2. The smallest absolute Gasteiger partial charge is 0.300 e. The molecule has 3 heterocycles. The number of hydrogen-bond acceptors (Lipinski definition) is 4. The Labute approximate surface area is 178 Å². The second-order valence-electron chi connectivity index (χ2n) is 7.48. The first-order chi connectivity index (χ1) is 15.1. The van der Waals surface area contributed by atoms with Crippen LogP contribution in [0.1, 0.15) is 22.7 Å². The fraction of sp³-hybridized carbons (Fsp3) is 0.0800. The molecule has 1 aliphatic rings. The third-order valence-electron chi connectivity index (χ3n) is 5.69. The number of carbonyl (C=O) groups is 2. The van der Waals surface area contributed by atoms with Crippen LogP contribution >= 0.6 is 0 Å². The molecular weight excluding hydrogens is 390 g/mol. The van der Waals surface area contributed by atoms with E-state index >= 15 is 0 Å². The Balaban J connectivity index is 1.81. The highest BCUT2D eigenvalue weighted by Crippen LogP contribution is 2.44. The number of para-hydroxylation sites is 2. The quantitative estimate of drug-likeness (QED) is 0.296. The molecule has 5 rings (SSSR count). The van der Waals surface area contributed by atoms with Gasteiger partial charge in [0.25, 0.3) is 11.7 Å². The fourth-order valence-electron chi connectivity index (χ4n) is 4.19. The van der Waals surface area contributed by atoms with E-state index in [1.54, 1.807) is 18.3 Å². The number of aromatic nitrogens is 2. The molecule has 4 aromatic rings. The van der Waals surface area contributed by atoms with E-state index in [1.807, 2.05) is 55.5 Å². The van der Waals surface area contributed by atoms with Gasteiger partial charge in [-0.1, -0.05) is 36.4 Å². The van der Waals surface area contributed by atoms with Gasteiger partial charge in [0.1, 0.15) is 5.76 Å². The average molecular weight is 409 g/mol. The molecule has 1 amide bonds. The van der Waals surface area contributed by atoms with Gasteiger partial charge in [-0.15, -0.1) is 0 Å². The zero-order valence-electron chi connectivity index (χ0n) is 16.7. The largest absolute Gasteiger partial charge is 0.507 e. The number of aliphatic hydroxyl groups excluding tert-OH is 1. The summed E-state index contributed by atoms with van der Waals surface area (Å²) in [6, 6.07) is 17.6. The van der Waals surface area contributed by atoms with Crippen LogP contribution in [-0.2, 0) is 9.59 Å². The van der Waals surface area contributed by atoms with Gasteiger partial charge in [-0.05, 0) is 36.8 Å². The van der Waals surface area contributed by atoms with E-state index < -0.39 is 17.7 Å². The third-order valence-corrected chi connectivity index (χ3v) is 5.69. The van der Waals surface area contributed by atoms with Gasteiger partial charge in [-0.25, -0.2) is 0 Å². The number of aromatic amines is 1. The van der Waals surface area contributed by atoms with Crippen molar-refractivity contribution in [3.8, 4) is 0 Å². The van der Waals surface area contributed by atoms with Crippen LogP contribution in [0.15, 0.2) is 84.8 Å². The number of rotatable bonds is 3. The molecule has 152 valence electrons. The van der Waals surface area contributed by atoms with Gasteiger partial charge < -0.3 is 10.1 Å². The number of Topliss-reactive ketones (excluding diaryl/α,β-unsaturated/α-hetero) is 1. The van der Waals surface area contributed by atoms with Gasteiger partial charge in [0.15, 0.2) is 0 Å². The van der Waals surface area contributed by atoms with Crippen molar-refractivity contribution in [1.82, 2.24) is 9.97 Å². The molecule has 1 atom stereocenters. The lowest BCUT2D eigenvalue weighted by atomic mass is 9.95. The molecule has 6 heteroatoms. The van der Waals surface area contributed by atoms with Crippen LogP contribution in [-0.4, -0.2) is 26.8 Å². The maximum atomic E-state index is 13.3. The summed E-state index contributed by atoms with van der Waals surface area (Å²) < 4.78 is 0. The van der Waals surface area contributed by atoms with Gasteiger partial charge in [0.05, 0.1) is 11.6 Å². The topological polar surface area (TPSA) is 86.3 Å². The summed E-state index contributed by atoms with van der Waals surface area (Å²) >= 11 is 0. The summed E-state index contributed by atoms with van der Waals surface area (Å²) in [7, 11) is 0. The molecule has 2 aromatic carbocycles. The SMILES string of the molecule is Cc1ccccc1N1C(=O)C(=O)/C(=C(/O)c2ccncc2)C1c1c[nH]c2ccccc12. The lowest BCUT2D eigenvalue weighted by molar-refractivity contribution is -0.132. The van der Waals surface area contributed by atoms with Gasteiger partial charge in [-0.3, -0.25) is 19.5 Å². The maximum absolute atomic E-state index is 13.3. The highest BCUT2D eigenvalue weighted by Gasteiger charge is 2.48. The molecule has 0 saturated carbocycles. The van der Waals surface area contributed by atoms with Crippen LogP contribution in [0.2, 0.25) is 0 Å². The fourth-order valence-corrected chi connectivity index (χ4v) is 4.19. The van der Waals surface area contributed by atoms with Crippen molar-refractivity contribution in [2.45, 2.75) is 13.0 Å². The number of fused-ring (bicyclic) bond motifs is 1. The summed E-state index contributed by atoms with van der Waals surface area (Å²) in [6.07, 6.45) is 4.87. The molecule has 1 saturated heterocycles. The maximum Gasteiger partial charge on any atom is 0.300 e. The standard InChI is InChI=1S/C25H19N3O3/c1-15-6-2-5-9-20(15)28-22(18-14-27-19-8-4-3-7-17(18)19)21(24(30)25(28)31)23(29)16-10-12-26-13-11-16/h2-14,22,27,29H,1H3/b23-21+. The van der Waals surface area contributed by atoms with Crippen molar-refractivity contribution in [1.29, 1.82) is 0 Å². The molecule has 0 spiro atoms. The van der Waals surface area contributed by atoms with E-state index in [4.69, 9.17) is 0 Å². The minimum Gasteiger partial charge on any atom is -0.507 e. The first kappa shape index (κ1) is 18.8. The van der Waals surface area contributed by atoms with Gasteiger partial charge in [-0.2, -0.15) is 0 Å². The minimum atomic E-state index is -0.773. The van der Waals surface area contributed by atoms with E-state index in [0.29, 0.717) is 11.3 Å². The molecule has 6 nitrogen and oxygen atoms in total. The molecule has 0 aliphatic carbocycles. The molecule has 2 N–H and O–H groups in total. The summed E-state index contributed by atoms with van der Waals surface area (Å²) in [5, 5.41) is 12.0. The predicted octanol–water partition coefficient (Wildman–Crippen LogP) is 4.50.